The van der Waals surface area contributed by atoms with E-state index < -0.39 is 0 Å². The normalized spacial score (nSPS) is 10.7. The molecule has 0 saturated heterocycles. The molecule has 0 atom stereocenters. The van der Waals surface area contributed by atoms with Crippen molar-refractivity contribution in [1.29, 1.82) is 0 Å². The Kier molecular flexibility index (Phi) is 2.54. The summed E-state index contributed by atoms with van der Waals surface area (Å²) < 4.78 is 5.67. The number of ether oxygens (including phenoxy) is 1. The van der Waals surface area contributed by atoms with Gasteiger partial charge in [0.2, 0.25) is 0 Å². The van der Waals surface area contributed by atoms with Gasteiger partial charge in [-0.1, -0.05) is 0 Å². The summed E-state index contributed by atoms with van der Waals surface area (Å²) in [5, 5.41) is 9.91. The molecule has 0 aliphatic rings. The molecule has 0 saturated carbocycles. The number of hydrogen-bond donors (Lipinski definition) is 1. The van der Waals surface area contributed by atoms with Crippen molar-refractivity contribution >= 4 is 38.0 Å². The molecule has 0 radical (unpaired) electrons. The standard InChI is InChI=1S/C9H8O3S2/c1-12-8(11)7-3-5-2-6(4-10)13-9(5)14-7/h2-3,10H,4H2,1H3. The molecule has 2 heterocycles. The van der Waals surface area contributed by atoms with E-state index in [-0.39, 0.29) is 12.6 Å². The third-order valence-electron chi connectivity index (χ3n) is 1.81. The first-order valence-corrected chi connectivity index (χ1v) is 5.59. The summed E-state index contributed by atoms with van der Waals surface area (Å²) in [6.45, 7) is 0.0552. The predicted octanol–water partition coefficient (Wildman–Crippen LogP) is 2.24. The second-order valence-electron chi connectivity index (χ2n) is 2.72. The zero-order valence-corrected chi connectivity index (χ0v) is 9.08. The van der Waals surface area contributed by atoms with Gasteiger partial charge in [0.25, 0.3) is 0 Å². The van der Waals surface area contributed by atoms with Crippen LogP contribution in [0.5, 0.6) is 0 Å². The van der Waals surface area contributed by atoms with Gasteiger partial charge in [0.15, 0.2) is 0 Å². The van der Waals surface area contributed by atoms with Gasteiger partial charge in [-0.05, 0) is 12.1 Å². The average Bonchev–Trinajstić information content (AvgIpc) is 2.72. The summed E-state index contributed by atoms with van der Waals surface area (Å²) in [5.74, 6) is -0.302. The van der Waals surface area contributed by atoms with Crippen molar-refractivity contribution in [2.75, 3.05) is 7.11 Å². The lowest BCUT2D eigenvalue weighted by Gasteiger charge is -1.91. The zero-order valence-electron chi connectivity index (χ0n) is 7.44. The molecule has 14 heavy (non-hydrogen) atoms. The summed E-state index contributed by atoms with van der Waals surface area (Å²) in [6, 6.07) is 3.68. The number of rotatable bonds is 2. The van der Waals surface area contributed by atoms with Crippen LogP contribution in [0.25, 0.3) is 9.40 Å². The molecular formula is C9H8O3S2. The molecule has 1 N–H and O–H groups in total. The zero-order chi connectivity index (χ0) is 10.1. The lowest BCUT2D eigenvalue weighted by atomic mass is 10.3. The SMILES string of the molecule is COC(=O)c1cc2cc(CO)sc2s1. The van der Waals surface area contributed by atoms with Crippen molar-refractivity contribution in [3.63, 3.8) is 0 Å². The van der Waals surface area contributed by atoms with Crippen LogP contribution in [0.15, 0.2) is 12.1 Å². The largest absolute Gasteiger partial charge is 0.465 e. The molecule has 5 heteroatoms. The third-order valence-corrected chi connectivity index (χ3v) is 4.16. The Bertz CT molecular complexity index is 438. The molecule has 0 bridgehead atoms. The Morgan fingerprint density at radius 2 is 2.29 bits per heavy atom. The van der Waals surface area contributed by atoms with E-state index in [1.165, 1.54) is 29.8 Å². The number of hydrogen-bond acceptors (Lipinski definition) is 5. The number of methoxy groups -OCH3 is 1. The molecule has 2 rings (SSSR count). The maximum absolute atomic E-state index is 11.2. The van der Waals surface area contributed by atoms with Crippen molar-refractivity contribution < 1.29 is 14.6 Å². The smallest absolute Gasteiger partial charge is 0.348 e. The minimum absolute atomic E-state index is 0.0552. The summed E-state index contributed by atoms with van der Waals surface area (Å²) in [7, 11) is 1.37. The fourth-order valence-corrected chi connectivity index (χ4v) is 3.44. The highest BCUT2D eigenvalue weighted by molar-refractivity contribution is 7.39. The van der Waals surface area contributed by atoms with E-state index in [1.807, 2.05) is 6.07 Å². The van der Waals surface area contributed by atoms with Crippen LogP contribution in [0.1, 0.15) is 14.5 Å². The monoisotopic (exact) mass is 228 g/mol. The lowest BCUT2D eigenvalue weighted by molar-refractivity contribution is 0.0606. The minimum Gasteiger partial charge on any atom is -0.465 e. The quantitative estimate of drug-likeness (QED) is 0.802. The van der Waals surface area contributed by atoms with E-state index in [0.29, 0.717) is 4.88 Å². The number of esters is 1. The maximum Gasteiger partial charge on any atom is 0.348 e. The van der Waals surface area contributed by atoms with Crippen molar-refractivity contribution in [1.82, 2.24) is 0 Å². The van der Waals surface area contributed by atoms with Gasteiger partial charge in [-0.3, -0.25) is 0 Å². The van der Waals surface area contributed by atoms with E-state index in [4.69, 9.17) is 5.11 Å². The first-order valence-electron chi connectivity index (χ1n) is 3.96. The molecule has 0 aromatic carbocycles. The molecule has 74 valence electrons. The number of aliphatic hydroxyl groups is 1. The topological polar surface area (TPSA) is 46.5 Å². The van der Waals surface area contributed by atoms with Crippen LogP contribution in [-0.4, -0.2) is 18.2 Å². The van der Waals surface area contributed by atoms with Crippen molar-refractivity contribution in [2.24, 2.45) is 0 Å². The molecular weight excluding hydrogens is 220 g/mol. The summed E-state index contributed by atoms with van der Waals surface area (Å²) in [4.78, 5) is 12.7. The average molecular weight is 228 g/mol. The maximum atomic E-state index is 11.2. The van der Waals surface area contributed by atoms with Gasteiger partial charge in [-0.15, -0.1) is 22.7 Å². The minimum atomic E-state index is -0.302. The van der Waals surface area contributed by atoms with Gasteiger partial charge in [0, 0.05) is 10.3 Å². The molecule has 0 amide bonds. The van der Waals surface area contributed by atoms with Gasteiger partial charge >= 0.3 is 5.97 Å². The van der Waals surface area contributed by atoms with Crippen molar-refractivity contribution in [2.45, 2.75) is 6.61 Å². The number of carbonyl (C=O) groups excluding carboxylic acids is 1. The Morgan fingerprint density at radius 1 is 1.50 bits per heavy atom. The van der Waals surface area contributed by atoms with Gasteiger partial charge in [-0.2, -0.15) is 0 Å². The van der Waals surface area contributed by atoms with Gasteiger partial charge in [0.1, 0.15) is 4.88 Å². The number of carbonyl (C=O) groups is 1. The molecule has 2 aromatic heterocycles. The molecule has 2 aromatic rings. The summed E-state index contributed by atoms with van der Waals surface area (Å²) >= 11 is 2.91. The van der Waals surface area contributed by atoms with E-state index in [0.717, 1.165) is 14.3 Å². The van der Waals surface area contributed by atoms with Gasteiger partial charge < -0.3 is 9.84 Å². The van der Waals surface area contributed by atoms with E-state index in [1.54, 1.807) is 6.07 Å². The van der Waals surface area contributed by atoms with E-state index in [2.05, 4.69) is 4.74 Å². The van der Waals surface area contributed by atoms with E-state index >= 15 is 0 Å². The highest BCUT2D eigenvalue weighted by Crippen LogP contribution is 2.33. The first kappa shape index (κ1) is 9.64. The highest BCUT2D eigenvalue weighted by Gasteiger charge is 2.12. The second kappa shape index (κ2) is 3.68. The Balaban J connectivity index is 2.44. The molecule has 0 fully saturated rings. The molecule has 0 spiro atoms. The number of fused-ring (bicyclic) bond motifs is 1. The number of thiophene rings is 2. The molecule has 0 unspecified atom stereocenters. The van der Waals surface area contributed by atoms with Crippen LogP contribution < -0.4 is 0 Å². The summed E-state index contributed by atoms with van der Waals surface area (Å²) in [6.07, 6.45) is 0. The first-order chi connectivity index (χ1) is 6.74. The Morgan fingerprint density at radius 3 is 2.86 bits per heavy atom. The van der Waals surface area contributed by atoms with Crippen LogP contribution in [0, 0.1) is 0 Å². The lowest BCUT2D eigenvalue weighted by Crippen LogP contribution is -1.96. The van der Waals surface area contributed by atoms with Crippen LogP contribution in [0.4, 0.5) is 0 Å². The molecule has 0 aliphatic heterocycles. The van der Waals surface area contributed by atoms with Gasteiger partial charge in [0.05, 0.1) is 17.7 Å². The van der Waals surface area contributed by atoms with Crippen LogP contribution >= 0.6 is 22.7 Å². The fraction of sp³-hybridized carbons (Fsp3) is 0.222. The summed E-state index contributed by atoms with van der Waals surface area (Å²) in [5.41, 5.74) is 0. The fourth-order valence-electron chi connectivity index (χ4n) is 1.17. The van der Waals surface area contributed by atoms with E-state index in [9.17, 15) is 4.79 Å². The van der Waals surface area contributed by atoms with Crippen LogP contribution in [-0.2, 0) is 11.3 Å². The van der Waals surface area contributed by atoms with Gasteiger partial charge in [-0.25, -0.2) is 4.79 Å². The van der Waals surface area contributed by atoms with Crippen molar-refractivity contribution in [3.05, 3.63) is 21.9 Å². The Hall–Kier alpha value is -0.910. The van der Waals surface area contributed by atoms with Crippen LogP contribution in [0.2, 0.25) is 0 Å². The molecule has 0 aliphatic carbocycles. The third kappa shape index (κ3) is 1.54. The van der Waals surface area contributed by atoms with Crippen LogP contribution in [0.3, 0.4) is 0 Å². The molecule has 3 nitrogen and oxygen atoms in total. The van der Waals surface area contributed by atoms with Crippen molar-refractivity contribution in [3.8, 4) is 0 Å². The highest BCUT2D eigenvalue weighted by atomic mass is 32.2. The number of aliphatic hydroxyl groups excluding tert-OH is 1. The Labute approximate surface area is 88.6 Å². The predicted molar refractivity (Wildman–Crippen MR) is 57.0 cm³/mol. The second-order valence-corrected chi connectivity index (χ2v) is 5.16.